The van der Waals surface area contributed by atoms with Gasteiger partial charge in [-0.3, -0.25) is 0 Å². The predicted molar refractivity (Wildman–Crippen MR) is 88.7 cm³/mol. The molecule has 0 aliphatic rings. The number of hydrogen-bond acceptors (Lipinski definition) is 3. The van der Waals surface area contributed by atoms with Crippen molar-refractivity contribution in [3.8, 4) is 5.75 Å². The number of rotatable bonds is 3. The van der Waals surface area contributed by atoms with Crippen LogP contribution in [-0.2, 0) is 0 Å². The first-order valence-electron chi connectivity index (χ1n) is 6.19. The second-order valence-corrected chi connectivity index (χ2v) is 7.03. The molecule has 0 radical (unpaired) electrons. The van der Waals surface area contributed by atoms with E-state index in [4.69, 9.17) is 27.9 Å². The average molecular weight is 391 g/mol. The molecule has 7 heteroatoms. The molecule has 0 fully saturated rings. The molecule has 0 amide bonds. The van der Waals surface area contributed by atoms with Crippen molar-refractivity contribution in [2.75, 3.05) is 0 Å². The van der Waals surface area contributed by atoms with Crippen molar-refractivity contribution in [3.05, 3.63) is 45.1 Å². The maximum absolute atomic E-state index is 6.16. The molecule has 0 saturated heterocycles. The highest BCUT2D eigenvalue weighted by Crippen LogP contribution is 2.37. The minimum Gasteiger partial charge on any atom is -0.436 e. The van der Waals surface area contributed by atoms with Crippen molar-refractivity contribution >= 4 is 45.0 Å². The van der Waals surface area contributed by atoms with Crippen LogP contribution in [0.15, 0.2) is 35.1 Å². The molecule has 0 saturated carbocycles. The molecule has 0 bridgehead atoms. The highest BCUT2D eigenvalue weighted by Gasteiger charge is 2.23. The second kappa shape index (κ2) is 6.38. The van der Waals surface area contributed by atoms with Gasteiger partial charge in [-0.15, -0.1) is 5.10 Å². The van der Waals surface area contributed by atoms with Gasteiger partial charge in [-0.05, 0) is 39.5 Å². The van der Waals surface area contributed by atoms with Crippen molar-refractivity contribution in [1.82, 2.24) is 15.0 Å². The summed E-state index contributed by atoms with van der Waals surface area (Å²) in [7, 11) is 0. The molecule has 4 nitrogen and oxygen atoms in total. The van der Waals surface area contributed by atoms with Gasteiger partial charge < -0.3 is 4.74 Å². The molecule has 1 heterocycles. The van der Waals surface area contributed by atoms with Gasteiger partial charge in [0.05, 0.1) is 21.9 Å². The van der Waals surface area contributed by atoms with Crippen LogP contribution in [0.5, 0.6) is 5.75 Å². The maximum atomic E-state index is 6.16. The third-order valence-corrected chi connectivity index (χ3v) is 4.64. The molecule has 0 N–H and O–H groups in total. The number of benzene rings is 1. The number of aromatic nitrogens is 3. The summed E-state index contributed by atoms with van der Waals surface area (Å²) in [5.41, 5.74) is -0.166. The zero-order valence-corrected chi connectivity index (χ0v) is 14.9. The molecular weight excluding hydrogens is 377 g/mol. The summed E-state index contributed by atoms with van der Waals surface area (Å²) in [5, 5.41) is 8.76. The van der Waals surface area contributed by atoms with Gasteiger partial charge >= 0.3 is 0 Å². The lowest BCUT2D eigenvalue weighted by atomic mass is 9.96. The van der Waals surface area contributed by atoms with E-state index in [0.717, 1.165) is 4.48 Å². The Balaban J connectivity index is 2.47. The van der Waals surface area contributed by atoms with Crippen LogP contribution in [0.4, 0.5) is 0 Å². The minimum atomic E-state index is -0.166. The van der Waals surface area contributed by atoms with Crippen molar-refractivity contribution < 1.29 is 4.74 Å². The fraction of sp³-hybridized carbons (Fsp3) is 0.286. The van der Waals surface area contributed by atoms with Crippen LogP contribution in [-0.4, -0.2) is 15.0 Å². The van der Waals surface area contributed by atoms with Crippen molar-refractivity contribution in [3.63, 3.8) is 0 Å². The number of nitrogens with zero attached hydrogens (tertiary/aromatic N) is 3. The maximum Gasteiger partial charge on any atom is 0.232 e. The summed E-state index contributed by atoms with van der Waals surface area (Å²) in [6.45, 7) is 6.17. The monoisotopic (exact) mass is 389 g/mol. The van der Waals surface area contributed by atoms with Crippen LogP contribution < -0.4 is 4.74 Å². The Kier molecular flexibility index (Phi) is 4.96. The summed E-state index contributed by atoms with van der Waals surface area (Å²) >= 11 is 15.6. The van der Waals surface area contributed by atoms with E-state index in [1.54, 1.807) is 35.3 Å². The third kappa shape index (κ3) is 3.99. The molecule has 112 valence electrons. The second-order valence-electron chi connectivity index (χ2n) is 5.39. The normalized spacial score (nSPS) is 13.0. The predicted octanol–water partition coefficient (Wildman–Crippen LogP) is 5.23. The van der Waals surface area contributed by atoms with Gasteiger partial charge in [0.1, 0.15) is 5.75 Å². The molecule has 1 aromatic heterocycles. The number of hydrogen-bond donors (Lipinski definition) is 0. The summed E-state index contributed by atoms with van der Waals surface area (Å²) < 4.78 is 8.32. The molecule has 2 aromatic rings. The summed E-state index contributed by atoms with van der Waals surface area (Å²) in [6.07, 6.45) is 3.28. The van der Waals surface area contributed by atoms with Gasteiger partial charge in [0.15, 0.2) is 0 Å². The Hall–Kier alpha value is -1.04. The number of allylic oxidation sites excluding steroid dienone is 1. The van der Waals surface area contributed by atoms with E-state index in [0.29, 0.717) is 21.7 Å². The van der Waals surface area contributed by atoms with E-state index in [2.05, 4.69) is 47.0 Å². The van der Waals surface area contributed by atoms with E-state index in [1.807, 2.05) is 0 Å². The zero-order chi connectivity index (χ0) is 15.6. The van der Waals surface area contributed by atoms with E-state index in [-0.39, 0.29) is 5.41 Å². The summed E-state index contributed by atoms with van der Waals surface area (Å²) in [5.74, 6) is 0.997. The number of halogens is 3. The fourth-order valence-electron chi connectivity index (χ4n) is 1.49. The van der Waals surface area contributed by atoms with Gasteiger partial charge in [-0.1, -0.05) is 49.2 Å². The Bertz CT molecular complexity index is 663. The van der Waals surface area contributed by atoms with E-state index < -0.39 is 0 Å². The SMILES string of the molecule is CC(C)(C)C(Br)=C(Oc1ccc(Cl)cc1Cl)n1ccnn1. The molecule has 2 rings (SSSR count). The topological polar surface area (TPSA) is 39.9 Å². The van der Waals surface area contributed by atoms with E-state index in [9.17, 15) is 0 Å². The molecule has 0 unspecified atom stereocenters. The van der Waals surface area contributed by atoms with Gasteiger partial charge in [0.2, 0.25) is 5.88 Å². The third-order valence-electron chi connectivity index (χ3n) is 2.58. The van der Waals surface area contributed by atoms with Gasteiger partial charge in [0, 0.05) is 5.02 Å². The fourth-order valence-corrected chi connectivity index (χ4v) is 2.20. The standard InChI is InChI=1S/C14H14BrCl2N3O/c1-14(2,3)12(15)13(20-7-6-18-19-20)21-11-5-4-9(16)8-10(11)17/h4-8H,1-3H3. The lowest BCUT2D eigenvalue weighted by molar-refractivity contribution is 0.437. The average Bonchev–Trinajstić information content (AvgIpc) is 2.90. The van der Waals surface area contributed by atoms with Gasteiger partial charge in [-0.25, -0.2) is 0 Å². The zero-order valence-electron chi connectivity index (χ0n) is 11.8. The number of ether oxygens (including phenoxy) is 1. The van der Waals surface area contributed by atoms with Crippen molar-refractivity contribution in [1.29, 1.82) is 0 Å². The van der Waals surface area contributed by atoms with Crippen LogP contribution >= 0.6 is 39.1 Å². The Morgan fingerprint density at radius 1 is 1.29 bits per heavy atom. The van der Waals surface area contributed by atoms with Crippen LogP contribution in [0.3, 0.4) is 0 Å². The van der Waals surface area contributed by atoms with Gasteiger partial charge in [-0.2, -0.15) is 4.68 Å². The highest BCUT2D eigenvalue weighted by molar-refractivity contribution is 9.11. The molecule has 21 heavy (non-hydrogen) atoms. The first-order valence-corrected chi connectivity index (χ1v) is 7.74. The van der Waals surface area contributed by atoms with Crippen molar-refractivity contribution in [2.24, 2.45) is 5.41 Å². The van der Waals surface area contributed by atoms with Gasteiger partial charge in [0.25, 0.3) is 0 Å². The Labute approximate surface area is 141 Å². The van der Waals surface area contributed by atoms with Crippen LogP contribution in [0.2, 0.25) is 10.0 Å². The molecule has 0 aliphatic heterocycles. The Morgan fingerprint density at radius 2 is 2.00 bits per heavy atom. The lowest BCUT2D eigenvalue weighted by Gasteiger charge is -2.22. The first kappa shape index (κ1) is 16.3. The Morgan fingerprint density at radius 3 is 2.52 bits per heavy atom. The molecular formula is C14H14BrCl2N3O. The quantitative estimate of drug-likeness (QED) is 0.673. The summed E-state index contributed by atoms with van der Waals surface area (Å²) in [4.78, 5) is 0. The van der Waals surface area contributed by atoms with Crippen molar-refractivity contribution in [2.45, 2.75) is 20.8 Å². The highest BCUT2D eigenvalue weighted by atomic mass is 79.9. The van der Waals surface area contributed by atoms with Crippen LogP contribution in [0.25, 0.3) is 5.88 Å². The first-order chi connectivity index (χ1) is 9.79. The van der Waals surface area contributed by atoms with E-state index >= 15 is 0 Å². The molecule has 1 aromatic carbocycles. The molecule has 0 spiro atoms. The smallest absolute Gasteiger partial charge is 0.232 e. The van der Waals surface area contributed by atoms with Crippen LogP contribution in [0.1, 0.15) is 20.8 Å². The van der Waals surface area contributed by atoms with E-state index in [1.165, 1.54) is 0 Å². The minimum absolute atomic E-state index is 0.166. The lowest BCUT2D eigenvalue weighted by Crippen LogP contribution is -2.14. The largest absolute Gasteiger partial charge is 0.436 e. The molecule has 0 aliphatic carbocycles. The summed E-state index contributed by atoms with van der Waals surface area (Å²) in [6, 6.07) is 5.06. The molecule has 0 atom stereocenters. The van der Waals surface area contributed by atoms with Crippen LogP contribution in [0, 0.1) is 5.41 Å².